The lowest BCUT2D eigenvalue weighted by Gasteiger charge is -2.13. The molecule has 7 nitrogen and oxygen atoms in total. The Morgan fingerprint density at radius 1 is 1.19 bits per heavy atom. The Hall–Kier alpha value is -2.17. The zero-order chi connectivity index (χ0) is 18.7. The topological polar surface area (TPSA) is 73.7 Å². The molecule has 0 saturated heterocycles. The number of H-pyrrole nitrogens is 1. The fourth-order valence-corrected chi connectivity index (χ4v) is 3.78. The van der Waals surface area contributed by atoms with Crippen molar-refractivity contribution in [3.8, 4) is 28.6 Å². The summed E-state index contributed by atoms with van der Waals surface area (Å²) in [7, 11) is 4.68. The molecule has 26 heavy (non-hydrogen) atoms. The van der Waals surface area contributed by atoms with Crippen molar-refractivity contribution >= 4 is 45.7 Å². The van der Waals surface area contributed by atoms with Crippen LogP contribution in [0.1, 0.15) is 4.88 Å². The number of nitrogens with zero attached hydrogens (tertiary/aromatic N) is 3. The van der Waals surface area contributed by atoms with Crippen LogP contribution in [0.3, 0.4) is 0 Å². The van der Waals surface area contributed by atoms with Crippen LogP contribution in [0.4, 0.5) is 0 Å². The highest BCUT2D eigenvalue weighted by Crippen LogP contribution is 2.40. The number of halogens is 1. The summed E-state index contributed by atoms with van der Waals surface area (Å²) in [5, 5.41) is 11.5. The van der Waals surface area contributed by atoms with Gasteiger partial charge in [-0.05, 0) is 52.4 Å². The Kier molecular flexibility index (Phi) is 5.74. The number of benzene rings is 1. The Morgan fingerprint density at radius 3 is 2.42 bits per heavy atom. The maximum absolute atomic E-state index is 5.40. The van der Waals surface area contributed by atoms with Gasteiger partial charge in [-0.25, -0.2) is 5.10 Å². The zero-order valence-electron chi connectivity index (χ0n) is 14.1. The molecule has 0 aliphatic heterocycles. The van der Waals surface area contributed by atoms with E-state index in [9.17, 15) is 0 Å². The van der Waals surface area contributed by atoms with E-state index in [4.69, 9.17) is 26.4 Å². The lowest BCUT2D eigenvalue weighted by molar-refractivity contribution is 0.324. The van der Waals surface area contributed by atoms with Gasteiger partial charge in [-0.2, -0.15) is 14.9 Å². The highest BCUT2D eigenvalue weighted by Gasteiger charge is 2.17. The first-order valence-corrected chi connectivity index (χ1v) is 9.36. The third kappa shape index (κ3) is 3.67. The second-order valence-corrected chi connectivity index (χ2v) is 7.85. The Balaban J connectivity index is 2.08. The normalized spacial score (nSPS) is 11.1. The van der Waals surface area contributed by atoms with Crippen molar-refractivity contribution in [3.05, 3.63) is 37.7 Å². The predicted molar refractivity (Wildman–Crippen MR) is 108 cm³/mol. The summed E-state index contributed by atoms with van der Waals surface area (Å²) in [6.45, 7) is 0. The number of hydrogen-bond donors (Lipinski definition) is 1. The van der Waals surface area contributed by atoms with Gasteiger partial charge in [0, 0.05) is 10.4 Å². The van der Waals surface area contributed by atoms with Crippen molar-refractivity contribution in [2.24, 2.45) is 5.10 Å². The van der Waals surface area contributed by atoms with Crippen molar-refractivity contribution in [1.29, 1.82) is 0 Å². The molecule has 0 spiro atoms. The van der Waals surface area contributed by atoms with Crippen LogP contribution < -0.4 is 14.2 Å². The number of thiophene rings is 1. The smallest absolute Gasteiger partial charge is 0.216 e. The minimum absolute atomic E-state index is 0.376. The van der Waals surface area contributed by atoms with Gasteiger partial charge in [0.25, 0.3) is 0 Å². The van der Waals surface area contributed by atoms with E-state index in [0.717, 1.165) is 14.2 Å². The first-order valence-electron chi connectivity index (χ1n) is 7.35. The second kappa shape index (κ2) is 8.02. The van der Waals surface area contributed by atoms with E-state index in [0.29, 0.717) is 27.8 Å². The van der Waals surface area contributed by atoms with Crippen LogP contribution in [-0.2, 0) is 0 Å². The number of methoxy groups -OCH3 is 3. The van der Waals surface area contributed by atoms with Crippen molar-refractivity contribution in [2.45, 2.75) is 0 Å². The molecule has 136 valence electrons. The molecule has 10 heteroatoms. The molecular formula is C16H15BrN4O3S2. The van der Waals surface area contributed by atoms with Gasteiger partial charge in [-0.3, -0.25) is 0 Å². The number of hydrogen-bond acceptors (Lipinski definition) is 7. The number of aromatic amines is 1. The van der Waals surface area contributed by atoms with Crippen molar-refractivity contribution in [1.82, 2.24) is 14.9 Å². The maximum Gasteiger partial charge on any atom is 0.216 e. The summed E-state index contributed by atoms with van der Waals surface area (Å²) in [6.07, 6.45) is 1.72. The Labute approximate surface area is 167 Å². The lowest BCUT2D eigenvalue weighted by Crippen LogP contribution is -1.98. The van der Waals surface area contributed by atoms with E-state index >= 15 is 0 Å². The second-order valence-electron chi connectivity index (χ2n) is 4.96. The minimum Gasteiger partial charge on any atom is -0.493 e. The SMILES string of the molecule is COc1cc(-c2n[nH]c(=S)n2/N=C/c2ccc(Br)s2)cc(OC)c1OC. The highest BCUT2D eigenvalue weighted by atomic mass is 79.9. The molecule has 3 aromatic rings. The van der Waals surface area contributed by atoms with Gasteiger partial charge in [-0.15, -0.1) is 11.3 Å². The Bertz CT molecular complexity index is 984. The quantitative estimate of drug-likeness (QED) is 0.442. The minimum atomic E-state index is 0.376. The molecule has 2 heterocycles. The molecule has 0 fully saturated rings. The van der Waals surface area contributed by atoms with Gasteiger partial charge in [-0.1, -0.05) is 0 Å². The predicted octanol–water partition coefficient (Wildman–Crippen LogP) is 4.34. The van der Waals surface area contributed by atoms with Crippen molar-refractivity contribution < 1.29 is 14.2 Å². The van der Waals surface area contributed by atoms with Crippen LogP contribution in [0.25, 0.3) is 11.4 Å². The molecule has 0 aliphatic carbocycles. The van der Waals surface area contributed by atoms with E-state index in [1.807, 2.05) is 12.1 Å². The first-order chi connectivity index (χ1) is 12.6. The van der Waals surface area contributed by atoms with E-state index in [-0.39, 0.29) is 0 Å². The molecule has 0 atom stereocenters. The third-order valence-corrected chi connectivity index (χ3v) is 5.29. The van der Waals surface area contributed by atoms with Crippen molar-refractivity contribution in [3.63, 3.8) is 0 Å². The van der Waals surface area contributed by atoms with Crippen LogP contribution in [0, 0.1) is 4.77 Å². The van der Waals surface area contributed by atoms with Gasteiger partial charge in [0.05, 0.1) is 31.3 Å². The Morgan fingerprint density at radius 2 is 1.88 bits per heavy atom. The highest BCUT2D eigenvalue weighted by molar-refractivity contribution is 9.11. The van der Waals surface area contributed by atoms with Crippen LogP contribution in [0.2, 0.25) is 0 Å². The summed E-state index contributed by atoms with van der Waals surface area (Å²) >= 11 is 10.3. The number of rotatable bonds is 6. The fraction of sp³-hybridized carbons (Fsp3) is 0.188. The first kappa shape index (κ1) is 18.6. The average molecular weight is 455 g/mol. The average Bonchev–Trinajstić information content (AvgIpc) is 3.23. The molecule has 1 N–H and O–H groups in total. The number of nitrogens with one attached hydrogen (secondary N) is 1. The molecule has 2 aromatic heterocycles. The standard InChI is InChI=1S/C16H15BrN4O3S2/c1-22-11-6-9(7-12(23-2)14(11)24-3)15-19-20-16(25)21(15)18-8-10-4-5-13(17)26-10/h4-8H,1-3H3,(H,20,25)/b18-8+. The van der Waals surface area contributed by atoms with E-state index in [1.165, 1.54) is 0 Å². The molecule has 1 aromatic carbocycles. The molecule has 0 unspecified atom stereocenters. The van der Waals surface area contributed by atoms with Crippen LogP contribution in [0.5, 0.6) is 17.2 Å². The molecule has 0 saturated carbocycles. The monoisotopic (exact) mass is 454 g/mol. The van der Waals surface area contributed by atoms with Crippen LogP contribution in [-0.4, -0.2) is 42.4 Å². The lowest BCUT2D eigenvalue weighted by atomic mass is 10.1. The van der Waals surface area contributed by atoms with Crippen LogP contribution in [0.15, 0.2) is 33.2 Å². The summed E-state index contributed by atoms with van der Waals surface area (Å²) in [5.74, 6) is 2.08. The molecule has 0 aliphatic rings. The molecule has 3 rings (SSSR count). The van der Waals surface area contributed by atoms with E-state index in [1.54, 1.807) is 55.7 Å². The van der Waals surface area contributed by atoms with Gasteiger partial charge >= 0.3 is 0 Å². The molecule has 0 amide bonds. The zero-order valence-corrected chi connectivity index (χ0v) is 17.4. The van der Waals surface area contributed by atoms with Gasteiger partial charge in [0.15, 0.2) is 17.3 Å². The van der Waals surface area contributed by atoms with Crippen LogP contribution >= 0.6 is 39.5 Å². The number of ether oxygens (including phenoxy) is 3. The summed E-state index contributed by atoms with van der Waals surface area (Å²) in [6, 6.07) is 7.50. The van der Waals surface area contributed by atoms with Gasteiger partial charge in [0.2, 0.25) is 10.5 Å². The molecule has 0 bridgehead atoms. The largest absolute Gasteiger partial charge is 0.493 e. The summed E-state index contributed by atoms with van der Waals surface area (Å²) in [4.78, 5) is 0.982. The van der Waals surface area contributed by atoms with Gasteiger partial charge in [0.1, 0.15) is 0 Å². The number of aromatic nitrogens is 3. The molecular weight excluding hydrogens is 440 g/mol. The molecule has 0 radical (unpaired) electrons. The van der Waals surface area contributed by atoms with Crippen molar-refractivity contribution in [2.75, 3.05) is 21.3 Å². The summed E-state index contributed by atoms with van der Waals surface area (Å²) < 4.78 is 19.1. The fourth-order valence-electron chi connectivity index (χ4n) is 2.31. The maximum atomic E-state index is 5.40. The van der Waals surface area contributed by atoms with Gasteiger partial charge < -0.3 is 14.2 Å². The third-order valence-electron chi connectivity index (χ3n) is 3.47. The van der Waals surface area contributed by atoms with E-state index in [2.05, 4.69) is 31.2 Å². The summed E-state index contributed by atoms with van der Waals surface area (Å²) in [5.41, 5.74) is 0.719. The van der Waals surface area contributed by atoms with E-state index < -0.39 is 0 Å².